The molecule has 0 N–H and O–H groups in total. The largest absolute Gasteiger partial charge is 0.497 e. The second kappa shape index (κ2) is 15.4. The molecule has 6 aromatic rings. The Morgan fingerprint density at radius 2 is 1.06 bits per heavy atom. The highest BCUT2D eigenvalue weighted by Crippen LogP contribution is 2.51. The van der Waals surface area contributed by atoms with E-state index >= 15 is 9.59 Å². The molecule has 0 saturated carbocycles. The molecule has 1 aliphatic carbocycles. The van der Waals surface area contributed by atoms with Gasteiger partial charge in [0.05, 0.1) is 25.3 Å². The number of aromatic nitrogens is 2. The van der Waals surface area contributed by atoms with Crippen LogP contribution in [0.5, 0.6) is 11.5 Å². The van der Waals surface area contributed by atoms with Crippen LogP contribution in [0.25, 0.3) is 21.8 Å². The Labute approximate surface area is 363 Å². The average molecular weight is 821 g/mol. The highest BCUT2D eigenvalue weighted by Gasteiger charge is 2.48. The molecule has 4 aromatic carbocycles. The molecule has 0 amide bonds. The summed E-state index contributed by atoms with van der Waals surface area (Å²) in [5.41, 5.74) is 7.71. The minimum atomic E-state index is -0.238. The summed E-state index contributed by atoms with van der Waals surface area (Å²) in [4.78, 5) is 46.2. The molecule has 2 aromatic heterocycles. The first-order chi connectivity index (χ1) is 30.4. The summed E-state index contributed by atoms with van der Waals surface area (Å²) in [5, 5.41) is 1.98. The third-order valence-electron chi connectivity index (χ3n) is 15.5. The molecule has 62 heavy (non-hydrogen) atoms. The van der Waals surface area contributed by atoms with Crippen molar-refractivity contribution >= 4 is 33.4 Å². The molecule has 4 bridgehead atoms. The molecule has 8 heteroatoms. The summed E-state index contributed by atoms with van der Waals surface area (Å²) in [6.07, 6.45) is 12.2. The minimum Gasteiger partial charge on any atom is -0.497 e. The zero-order valence-electron chi connectivity index (χ0n) is 35.5. The van der Waals surface area contributed by atoms with Crippen molar-refractivity contribution in [3.05, 3.63) is 167 Å². The van der Waals surface area contributed by atoms with Crippen molar-refractivity contribution in [1.29, 1.82) is 0 Å². The molecular weight excluding hydrogens is 769 g/mol. The fourth-order valence-electron chi connectivity index (χ4n) is 12.5. The standard InChI is InChI=1S/C54H52N4O4/c1-5-31-29-57-23-19-33(31)25-47(57)49(37-17-21-55-45-15-11-35(61-3)27-43(37)45)41-13-14-42(52-51(41)53(59)39-9-7-8-10-40(39)54(52)60)50(48-26-34-20-24-58(48)30-32(34)6-2)38-18-22-56-46-16-12-36(62-4)28-44(38)46/h5-18,21-22,27-28,31-34,47-50H,1-2,19-20,23-26,29-30H2,3-4H3/t31-,32-,33-,34+,47-,48+,49-,50-/m0/s1. The zero-order chi connectivity index (χ0) is 42.2. The Morgan fingerprint density at radius 1 is 0.613 bits per heavy atom. The SMILES string of the molecule is C=C[C@H]1CN2CC[C@@H]1C[C@@H]2[C@H](c1ccc([C@H](c2ccnc3ccc(OC)cc23)[C@@H]2C[C@@H]3CCN2C[C@@H]3C=C)c2c1C(=O)c1ccccc1C2=O)c1ccnc2ccc(OC)cc12. The molecule has 2 unspecified atom stereocenters. The van der Waals surface area contributed by atoms with E-state index in [4.69, 9.17) is 19.4 Å². The van der Waals surface area contributed by atoms with Gasteiger partial charge < -0.3 is 9.47 Å². The first kappa shape index (κ1) is 38.9. The van der Waals surface area contributed by atoms with Crippen LogP contribution >= 0.6 is 0 Å². The van der Waals surface area contributed by atoms with Gasteiger partial charge in [-0.2, -0.15) is 0 Å². The molecule has 0 spiro atoms. The number of hydrogen-bond acceptors (Lipinski definition) is 8. The van der Waals surface area contributed by atoms with Crippen molar-refractivity contribution < 1.29 is 19.1 Å². The third kappa shape index (κ3) is 6.09. The molecule has 6 fully saturated rings. The van der Waals surface area contributed by atoms with Crippen LogP contribution in [-0.4, -0.2) is 83.8 Å². The van der Waals surface area contributed by atoms with E-state index in [0.29, 0.717) is 45.9 Å². The lowest BCUT2D eigenvalue weighted by molar-refractivity contribution is 0.0116. The number of pyridine rings is 2. The van der Waals surface area contributed by atoms with Gasteiger partial charge in [-0.15, -0.1) is 13.2 Å². The number of benzene rings is 4. The smallest absolute Gasteiger partial charge is 0.194 e. The second-order valence-corrected chi connectivity index (χ2v) is 18.2. The molecular formula is C54H52N4O4. The van der Waals surface area contributed by atoms with Gasteiger partial charge >= 0.3 is 0 Å². The van der Waals surface area contributed by atoms with Gasteiger partial charge in [0.1, 0.15) is 11.5 Å². The van der Waals surface area contributed by atoms with E-state index in [-0.39, 0.29) is 35.5 Å². The Bertz CT molecular complexity index is 2630. The summed E-state index contributed by atoms with van der Waals surface area (Å²) in [6, 6.07) is 28.4. The number of ketones is 2. The predicted octanol–water partition coefficient (Wildman–Crippen LogP) is 9.63. The van der Waals surface area contributed by atoms with Gasteiger partial charge in [-0.1, -0.05) is 48.6 Å². The zero-order valence-corrected chi connectivity index (χ0v) is 35.5. The molecule has 8 nitrogen and oxygen atoms in total. The number of carbonyl (C=O) groups is 2. The van der Waals surface area contributed by atoms with E-state index in [1.165, 1.54) is 0 Å². The van der Waals surface area contributed by atoms with Gasteiger partial charge in [-0.3, -0.25) is 29.4 Å². The van der Waals surface area contributed by atoms with Crippen LogP contribution in [0.15, 0.2) is 123 Å². The van der Waals surface area contributed by atoms with Crippen molar-refractivity contribution in [3.8, 4) is 11.5 Å². The predicted molar refractivity (Wildman–Crippen MR) is 244 cm³/mol. The second-order valence-electron chi connectivity index (χ2n) is 18.2. The van der Waals surface area contributed by atoms with Crippen LogP contribution in [0.4, 0.5) is 0 Å². The van der Waals surface area contributed by atoms with E-state index in [0.717, 1.165) is 107 Å². The number of nitrogens with zero attached hydrogens (tertiary/aromatic N) is 4. The summed E-state index contributed by atoms with van der Waals surface area (Å²) in [5.74, 6) is 2.63. The number of ether oxygens (including phenoxy) is 2. The Hall–Kier alpha value is -5.96. The summed E-state index contributed by atoms with van der Waals surface area (Å²) >= 11 is 0. The van der Waals surface area contributed by atoms with Gasteiger partial charge in [-0.25, -0.2) is 0 Å². The van der Waals surface area contributed by atoms with Crippen molar-refractivity contribution in [3.63, 3.8) is 0 Å². The Morgan fingerprint density at radius 3 is 1.45 bits per heavy atom. The molecule has 6 aliphatic heterocycles. The van der Waals surface area contributed by atoms with Gasteiger partial charge in [-0.05, 0) is 133 Å². The van der Waals surface area contributed by atoms with Crippen LogP contribution in [-0.2, 0) is 0 Å². The average Bonchev–Trinajstić information content (AvgIpc) is 3.33. The topological polar surface area (TPSA) is 84.9 Å². The molecule has 6 saturated heterocycles. The van der Waals surface area contributed by atoms with E-state index in [1.54, 1.807) is 14.2 Å². The Kier molecular flexibility index (Phi) is 9.69. The lowest BCUT2D eigenvalue weighted by Crippen LogP contribution is -2.55. The summed E-state index contributed by atoms with van der Waals surface area (Å²) in [6.45, 7) is 12.3. The monoisotopic (exact) mass is 820 g/mol. The number of piperidine rings is 6. The van der Waals surface area contributed by atoms with Crippen LogP contribution in [0.2, 0.25) is 0 Å². The van der Waals surface area contributed by atoms with Crippen molar-refractivity contribution in [2.24, 2.45) is 23.7 Å². The van der Waals surface area contributed by atoms with Crippen molar-refractivity contribution in [2.45, 2.75) is 49.6 Å². The number of fused-ring (bicyclic) bond motifs is 10. The van der Waals surface area contributed by atoms with E-state index in [1.807, 2.05) is 60.9 Å². The molecule has 10 atom stereocenters. The number of rotatable bonds is 10. The molecule has 7 aliphatic rings. The summed E-state index contributed by atoms with van der Waals surface area (Å²) < 4.78 is 11.6. The van der Waals surface area contributed by atoms with Crippen molar-refractivity contribution in [1.82, 2.24) is 19.8 Å². The van der Waals surface area contributed by atoms with Crippen LogP contribution in [0.1, 0.15) is 91.6 Å². The highest BCUT2D eigenvalue weighted by molar-refractivity contribution is 6.29. The first-order valence-corrected chi connectivity index (χ1v) is 22.3. The number of hydrogen-bond donors (Lipinski definition) is 0. The van der Waals surface area contributed by atoms with Gasteiger partial charge in [0.25, 0.3) is 0 Å². The van der Waals surface area contributed by atoms with Crippen LogP contribution < -0.4 is 9.47 Å². The van der Waals surface area contributed by atoms with E-state index in [2.05, 4.69) is 71.5 Å². The van der Waals surface area contributed by atoms with E-state index in [9.17, 15) is 0 Å². The molecule has 8 heterocycles. The maximum Gasteiger partial charge on any atom is 0.194 e. The molecule has 312 valence electrons. The maximum absolute atomic E-state index is 15.6. The quantitative estimate of drug-likeness (QED) is 0.126. The lowest BCUT2D eigenvalue weighted by atomic mass is 9.65. The molecule has 0 radical (unpaired) electrons. The highest BCUT2D eigenvalue weighted by atomic mass is 16.5. The van der Waals surface area contributed by atoms with Crippen LogP contribution in [0, 0.1) is 23.7 Å². The van der Waals surface area contributed by atoms with Gasteiger partial charge in [0.2, 0.25) is 0 Å². The normalized spacial score (nSPS) is 27.1. The fraction of sp³-hybridized carbons (Fsp3) is 0.333. The number of methoxy groups -OCH3 is 2. The van der Waals surface area contributed by atoms with Crippen molar-refractivity contribution in [2.75, 3.05) is 40.4 Å². The number of carbonyl (C=O) groups excluding carboxylic acids is 2. The lowest BCUT2D eigenvalue weighted by Gasteiger charge is -2.52. The molecule has 13 rings (SSSR count). The van der Waals surface area contributed by atoms with Gasteiger partial charge in [0.15, 0.2) is 11.6 Å². The Balaban J connectivity index is 1.20. The van der Waals surface area contributed by atoms with Gasteiger partial charge in [0, 0.05) is 82.4 Å². The maximum atomic E-state index is 15.6. The third-order valence-corrected chi connectivity index (χ3v) is 15.5. The first-order valence-electron chi connectivity index (χ1n) is 22.3. The minimum absolute atomic E-state index is 0.0835. The summed E-state index contributed by atoms with van der Waals surface area (Å²) in [7, 11) is 3.38. The fourth-order valence-corrected chi connectivity index (χ4v) is 12.5. The van der Waals surface area contributed by atoms with Crippen LogP contribution in [0.3, 0.4) is 0 Å². The van der Waals surface area contributed by atoms with E-state index < -0.39 is 0 Å².